The third-order valence-electron chi connectivity index (χ3n) is 1.60. The molecule has 0 aromatic carbocycles. The Kier molecular flexibility index (Phi) is 2.09. The summed E-state index contributed by atoms with van der Waals surface area (Å²) in [7, 11) is 1.78. The molecule has 62 valence electrons. The highest BCUT2D eigenvalue weighted by atomic mass is 35.5. The Morgan fingerprint density at radius 2 is 2.09 bits per heavy atom. The number of rotatable bonds is 1. The molecule has 0 atom stereocenters. The van der Waals surface area contributed by atoms with Gasteiger partial charge in [-0.15, -0.1) is 0 Å². The average Bonchev–Trinajstić information content (AvgIpc) is 2.17. The minimum absolute atomic E-state index is 0.325. The fraction of sp³-hybridized carbons (Fsp3) is 0.571. The monoisotopic (exact) mass is 173 g/mol. The largest absolute Gasteiger partial charge is 0.383 e. The molecule has 3 nitrogen and oxygen atoms in total. The van der Waals surface area contributed by atoms with E-state index in [1.165, 1.54) is 0 Å². The standard InChI is InChI=1S/C7H12ClN3/c1-4(2)6-5(8)7(9)11(3)10-6/h4H,9H2,1-3H3. The second-order valence-corrected chi connectivity index (χ2v) is 3.24. The van der Waals surface area contributed by atoms with Gasteiger partial charge in [0, 0.05) is 7.05 Å². The molecular formula is C7H12ClN3. The van der Waals surface area contributed by atoms with Crippen LogP contribution in [0.25, 0.3) is 0 Å². The minimum Gasteiger partial charge on any atom is -0.383 e. The van der Waals surface area contributed by atoms with Crippen LogP contribution in [-0.4, -0.2) is 9.78 Å². The van der Waals surface area contributed by atoms with Gasteiger partial charge in [-0.3, -0.25) is 4.68 Å². The van der Waals surface area contributed by atoms with Crippen molar-refractivity contribution in [2.24, 2.45) is 7.05 Å². The lowest BCUT2D eigenvalue weighted by atomic mass is 10.1. The van der Waals surface area contributed by atoms with E-state index < -0.39 is 0 Å². The van der Waals surface area contributed by atoms with E-state index in [4.69, 9.17) is 17.3 Å². The van der Waals surface area contributed by atoms with Gasteiger partial charge in [-0.05, 0) is 5.92 Å². The summed E-state index contributed by atoms with van der Waals surface area (Å²) in [6.45, 7) is 4.07. The molecule has 1 aromatic heterocycles. The van der Waals surface area contributed by atoms with Crippen LogP contribution in [-0.2, 0) is 7.05 Å². The highest BCUT2D eigenvalue weighted by Crippen LogP contribution is 2.27. The molecular weight excluding hydrogens is 162 g/mol. The van der Waals surface area contributed by atoms with Crippen molar-refractivity contribution >= 4 is 17.4 Å². The van der Waals surface area contributed by atoms with Crippen LogP contribution >= 0.6 is 11.6 Å². The summed E-state index contributed by atoms with van der Waals surface area (Å²) in [6.07, 6.45) is 0. The smallest absolute Gasteiger partial charge is 0.140 e. The van der Waals surface area contributed by atoms with Crippen LogP contribution in [0.3, 0.4) is 0 Å². The Labute approximate surface area is 71.1 Å². The predicted octanol–water partition coefficient (Wildman–Crippen LogP) is 1.78. The van der Waals surface area contributed by atoms with Crippen molar-refractivity contribution in [3.05, 3.63) is 10.7 Å². The molecule has 0 unspecified atom stereocenters. The zero-order valence-corrected chi connectivity index (χ0v) is 7.68. The first-order valence-corrected chi connectivity index (χ1v) is 3.89. The van der Waals surface area contributed by atoms with E-state index in [0.29, 0.717) is 16.8 Å². The van der Waals surface area contributed by atoms with Crippen molar-refractivity contribution in [1.29, 1.82) is 0 Å². The van der Waals surface area contributed by atoms with Crippen molar-refractivity contribution in [2.75, 3.05) is 5.73 Å². The van der Waals surface area contributed by atoms with E-state index in [-0.39, 0.29) is 0 Å². The Bertz CT molecular complexity index is 265. The number of hydrogen-bond acceptors (Lipinski definition) is 2. The SMILES string of the molecule is CC(C)c1nn(C)c(N)c1Cl. The quantitative estimate of drug-likeness (QED) is 0.704. The second-order valence-electron chi connectivity index (χ2n) is 2.86. The summed E-state index contributed by atoms with van der Waals surface area (Å²) in [6, 6.07) is 0. The number of aryl methyl sites for hydroxylation is 1. The normalized spacial score (nSPS) is 11.0. The summed E-state index contributed by atoms with van der Waals surface area (Å²) in [5.41, 5.74) is 6.48. The van der Waals surface area contributed by atoms with Crippen molar-refractivity contribution < 1.29 is 0 Å². The number of halogens is 1. The van der Waals surface area contributed by atoms with Crippen LogP contribution < -0.4 is 5.73 Å². The fourth-order valence-corrected chi connectivity index (χ4v) is 1.28. The maximum atomic E-state index is 5.90. The summed E-state index contributed by atoms with van der Waals surface area (Å²) >= 11 is 5.90. The summed E-state index contributed by atoms with van der Waals surface area (Å²) in [4.78, 5) is 0. The number of nitrogens with zero attached hydrogens (tertiary/aromatic N) is 2. The molecule has 0 aliphatic rings. The third kappa shape index (κ3) is 1.33. The van der Waals surface area contributed by atoms with Gasteiger partial charge < -0.3 is 5.73 Å². The fourth-order valence-electron chi connectivity index (χ4n) is 0.902. The van der Waals surface area contributed by atoms with Gasteiger partial charge in [-0.25, -0.2) is 0 Å². The molecule has 0 bridgehead atoms. The lowest BCUT2D eigenvalue weighted by molar-refractivity contribution is 0.719. The van der Waals surface area contributed by atoms with Crippen LogP contribution in [0.15, 0.2) is 0 Å². The van der Waals surface area contributed by atoms with Crippen molar-refractivity contribution in [2.45, 2.75) is 19.8 Å². The molecule has 0 amide bonds. The zero-order chi connectivity index (χ0) is 8.59. The van der Waals surface area contributed by atoms with Gasteiger partial charge in [0.1, 0.15) is 10.8 Å². The summed E-state index contributed by atoms with van der Waals surface area (Å²) < 4.78 is 1.59. The molecule has 11 heavy (non-hydrogen) atoms. The van der Waals surface area contributed by atoms with Gasteiger partial charge in [-0.2, -0.15) is 5.10 Å². The maximum Gasteiger partial charge on any atom is 0.140 e. The summed E-state index contributed by atoms with van der Waals surface area (Å²) in [5, 5.41) is 4.75. The highest BCUT2D eigenvalue weighted by molar-refractivity contribution is 6.33. The van der Waals surface area contributed by atoms with E-state index in [9.17, 15) is 0 Å². The molecule has 0 radical (unpaired) electrons. The molecule has 1 rings (SSSR count). The number of hydrogen-bond donors (Lipinski definition) is 1. The molecule has 1 heterocycles. The first kappa shape index (κ1) is 8.40. The molecule has 1 aromatic rings. The third-order valence-corrected chi connectivity index (χ3v) is 1.99. The van der Waals surface area contributed by atoms with Crippen LogP contribution in [0.2, 0.25) is 5.02 Å². The average molecular weight is 174 g/mol. The Morgan fingerprint density at radius 3 is 2.27 bits per heavy atom. The molecule has 2 N–H and O–H groups in total. The van der Waals surface area contributed by atoms with Crippen molar-refractivity contribution in [3.8, 4) is 0 Å². The second kappa shape index (κ2) is 2.74. The zero-order valence-electron chi connectivity index (χ0n) is 6.93. The van der Waals surface area contributed by atoms with Gasteiger partial charge in [0.15, 0.2) is 0 Å². The van der Waals surface area contributed by atoms with E-state index in [1.54, 1.807) is 11.7 Å². The van der Waals surface area contributed by atoms with Crippen LogP contribution in [0.5, 0.6) is 0 Å². The maximum absolute atomic E-state index is 5.90. The number of anilines is 1. The van der Waals surface area contributed by atoms with Crippen molar-refractivity contribution in [3.63, 3.8) is 0 Å². The van der Waals surface area contributed by atoms with Crippen LogP contribution in [0.4, 0.5) is 5.82 Å². The molecule has 0 saturated carbocycles. The predicted molar refractivity (Wildman–Crippen MR) is 46.7 cm³/mol. The molecule has 0 spiro atoms. The molecule has 4 heteroatoms. The Morgan fingerprint density at radius 1 is 1.55 bits per heavy atom. The lowest BCUT2D eigenvalue weighted by Gasteiger charge is -1.97. The molecule has 0 fully saturated rings. The first-order valence-electron chi connectivity index (χ1n) is 3.52. The Balaban J connectivity index is 3.19. The molecule has 0 aliphatic carbocycles. The number of nitrogen functional groups attached to an aromatic ring is 1. The molecule has 0 saturated heterocycles. The van der Waals surface area contributed by atoms with Crippen molar-refractivity contribution in [1.82, 2.24) is 9.78 Å². The van der Waals surface area contributed by atoms with Gasteiger partial charge in [0.05, 0.1) is 5.69 Å². The van der Waals surface area contributed by atoms with E-state index in [0.717, 1.165) is 5.69 Å². The van der Waals surface area contributed by atoms with Gasteiger partial charge >= 0.3 is 0 Å². The van der Waals surface area contributed by atoms with E-state index in [1.807, 2.05) is 13.8 Å². The van der Waals surface area contributed by atoms with Gasteiger partial charge in [0.2, 0.25) is 0 Å². The van der Waals surface area contributed by atoms with Crippen LogP contribution in [0, 0.1) is 0 Å². The van der Waals surface area contributed by atoms with E-state index in [2.05, 4.69) is 5.10 Å². The number of aromatic nitrogens is 2. The summed E-state index contributed by atoms with van der Waals surface area (Å²) in [5.74, 6) is 0.862. The Hall–Kier alpha value is -0.700. The topological polar surface area (TPSA) is 43.8 Å². The minimum atomic E-state index is 0.325. The highest BCUT2D eigenvalue weighted by Gasteiger charge is 2.13. The molecule has 0 aliphatic heterocycles. The first-order chi connectivity index (χ1) is 5.04. The number of nitrogens with two attached hydrogens (primary N) is 1. The van der Waals surface area contributed by atoms with E-state index >= 15 is 0 Å². The lowest BCUT2D eigenvalue weighted by Crippen LogP contribution is -1.97. The van der Waals surface area contributed by atoms with Gasteiger partial charge in [0.25, 0.3) is 0 Å². The van der Waals surface area contributed by atoms with Crippen LogP contribution in [0.1, 0.15) is 25.5 Å². The van der Waals surface area contributed by atoms with Gasteiger partial charge in [-0.1, -0.05) is 25.4 Å².